The van der Waals surface area contributed by atoms with Gasteiger partial charge in [0.2, 0.25) is 5.91 Å². The van der Waals surface area contributed by atoms with Gasteiger partial charge >= 0.3 is 0 Å². The summed E-state index contributed by atoms with van der Waals surface area (Å²) >= 11 is 0. The van der Waals surface area contributed by atoms with Crippen molar-refractivity contribution in [3.8, 4) is 17.2 Å². The predicted octanol–water partition coefficient (Wildman–Crippen LogP) is 1.11. The first-order valence-electron chi connectivity index (χ1n) is 6.50. The van der Waals surface area contributed by atoms with Crippen molar-refractivity contribution in [1.29, 1.82) is 0 Å². The van der Waals surface area contributed by atoms with E-state index in [9.17, 15) is 4.79 Å². The predicted molar refractivity (Wildman–Crippen MR) is 81.5 cm³/mol. The Morgan fingerprint density at radius 1 is 1.19 bits per heavy atom. The molecular weight excluding hydrogens is 296 g/mol. The number of halogens is 1. The van der Waals surface area contributed by atoms with Crippen LogP contribution in [0.25, 0.3) is 0 Å². The minimum Gasteiger partial charge on any atom is -0.496 e. The van der Waals surface area contributed by atoms with E-state index in [4.69, 9.17) is 19.9 Å². The zero-order valence-corrected chi connectivity index (χ0v) is 13.0. The van der Waals surface area contributed by atoms with Crippen LogP contribution < -0.4 is 25.3 Å². The van der Waals surface area contributed by atoms with Crippen LogP contribution in [-0.4, -0.2) is 38.8 Å². The molecule has 1 aliphatic carbocycles. The van der Waals surface area contributed by atoms with Gasteiger partial charge in [-0.1, -0.05) is 0 Å². The fourth-order valence-corrected chi connectivity index (χ4v) is 1.74. The summed E-state index contributed by atoms with van der Waals surface area (Å²) in [5.41, 5.74) is 5.13. The third-order valence-corrected chi connectivity index (χ3v) is 3.22. The SMILES string of the molecule is COc1cc(OC)cc(OCCNC(=O)C2(N)CC2)c1.Cl. The largest absolute Gasteiger partial charge is 0.496 e. The van der Waals surface area contributed by atoms with Crippen molar-refractivity contribution in [1.82, 2.24) is 5.32 Å². The van der Waals surface area contributed by atoms with Crippen LogP contribution >= 0.6 is 12.4 Å². The smallest absolute Gasteiger partial charge is 0.240 e. The molecule has 1 saturated carbocycles. The standard InChI is InChI=1S/C14H20N2O4.ClH/c1-18-10-7-11(19-2)9-12(8-10)20-6-5-16-13(17)14(15)3-4-14;/h7-9H,3-6,15H2,1-2H3,(H,16,17);1H. The van der Waals surface area contributed by atoms with E-state index in [1.807, 2.05) is 0 Å². The number of carbonyl (C=O) groups excluding carboxylic acids is 1. The molecule has 1 aromatic carbocycles. The number of hydrogen-bond donors (Lipinski definition) is 2. The van der Waals surface area contributed by atoms with Gasteiger partial charge in [-0.15, -0.1) is 12.4 Å². The molecular formula is C14H21ClN2O4. The van der Waals surface area contributed by atoms with E-state index in [0.717, 1.165) is 12.8 Å². The summed E-state index contributed by atoms with van der Waals surface area (Å²) in [5, 5.41) is 2.76. The van der Waals surface area contributed by atoms with E-state index in [2.05, 4.69) is 5.32 Å². The maximum absolute atomic E-state index is 11.6. The van der Waals surface area contributed by atoms with Crippen LogP contribution in [0.4, 0.5) is 0 Å². The van der Waals surface area contributed by atoms with Crippen molar-refractivity contribution in [2.24, 2.45) is 5.73 Å². The van der Waals surface area contributed by atoms with Crippen molar-refractivity contribution in [3.05, 3.63) is 18.2 Å². The van der Waals surface area contributed by atoms with Gasteiger partial charge in [0.25, 0.3) is 0 Å². The maximum atomic E-state index is 11.6. The normalized spacial score (nSPS) is 14.6. The van der Waals surface area contributed by atoms with Gasteiger partial charge in [0, 0.05) is 18.2 Å². The molecule has 0 spiro atoms. The Morgan fingerprint density at radius 3 is 2.19 bits per heavy atom. The second kappa shape index (κ2) is 7.38. The Hall–Kier alpha value is -1.66. The molecule has 1 amide bonds. The van der Waals surface area contributed by atoms with Crippen LogP contribution in [0.15, 0.2) is 18.2 Å². The number of nitrogens with one attached hydrogen (secondary N) is 1. The van der Waals surface area contributed by atoms with Crippen LogP contribution in [0, 0.1) is 0 Å². The zero-order chi connectivity index (χ0) is 14.6. The van der Waals surface area contributed by atoms with Gasteiger partial charge in [-0.2, -0.15) is 0 Å². The number of nitrogens with two attached hydrogens (primary N) is 1. The Bertz CT molecular complexity index is 470. The lowest BCUT2D eigenvalue weighted by Gasteiger charge is -2.12. The molecule has 0 bridgehead atoms. The average Bonchev–Trinajstić information content (AvgIpc) is 3.22. The van der Waals surface area contributed by atoms with E-state index in [0.29, 0.717) is 30.4 Å². The molecule has 0 saturated heterocycles. The topological polar surface area (TPSA) is 82.8 Å². The number of methoxy groups -OCH3 is 2. The molecule has 0 aromatic heterocycles. The summed E-state index contributed by atoms with van der Waals surface area (Å²) < 4.78 is 15.9. The molecule has 21 heavy (non-hydrogen) atoms. The monoisotopic (exact) mass is 316 g/mol. The van der Waals surface area contributed by atoms with E-state index in [-0.39, 0.29) is 18.3 Å². The van der Waals surface area contributed by atoms with Crippen LogP contribution in [-0.2, 0) is 4.79 Å². The fraction of sp³-hybridized carbons (Fsp3) is 0.500. The first kappa shape index (κ1) is 17.4. The van der Waals surface area contributed by atoms with E-state index >= 15 is 0 Å². The summed E-state index contributed by atoms with van der Waals surface area (Å²) in [7, 11) is 3.16. The summed E-state index contributed by atoms with van der Waals surface area (Å²) in [6.45, 7) is 0.773. The van der Waals surface area contributed by atoms with Gasteiger partial charge in [-0.3, -0.25) is 4.79 Å². The molecule has 2 rings (SSSR count). The van der Waals surface area contributed by atoms with Gasteiger partial charge in [0.1, 0.15) is 23.9 Å². The zero-order valence-electron chi connectivity index (χ0n) is 12.2. The Balaban J connectivity index is 0.00000220. The van der Waals surface area contributed by atoms with Crippen molar-refractivity contribution in [2.75, 3.05) is 27.4 Å². The van der Waals surface area contributed by atoms with Gasteiger partial charge in [-0.05, 0) is 12.8 Å². The van der Waals surface area contributed by atoms with Crippen LogP contribution in [0.3, 0.4) is 0 Å². The fourth-order valence-electron chi connectivity index (χ4n) is 1.74. The summed E-state index contributed by atoms with van der Waals surface area (Å²) in [6, 6.07) is 5.28. The van der Waals surface area contributed by atoms with Crippen molar-refractivity contribution in [3.63, 3.8) is 0 Å². The summed E-state index contributed by atoms with van der Waals surface area (Å²) in [4.78, 5) is 11.6. The van der Waals surface area contributed by atoms with Crippen molar-refractivity contribution in [2.45, 2.75) is 18.4 Å². The Labute approximate surface area is 130 Å². The first-order valence-corrected chi connectivity index (χ1v) is 6.50. The Morgan fingerprint density at radius 2 is 1.71 bits per heavy atom. The second-order valence-corrected chi connectivity index (χ2v) is 4.81. The molecule has 1 fully saturated rings. The van der Waals surface area contributed by atoms with Crippen LogP contribution in [0.1, 0.15) is 12.8 Å². The molecule has 1 aromatic rings. The molecule has 7 heteroatoms. The maximum Gasteiger partial charge on any atom is 0.240 e. The highest BCUT2D eigenvalue weighted by Gasteiger charge is 2.45. The number of rotatable bonds is 7. The van der Waals surface area contributed by atoms with E-state index in [1.54, 1.807) is 32.4 Å². The van der Waals surface area contributed by atoms with Crippen molar-refractivity contribution < 1.29 is 19.0 Å². The number of carbonyl (C=O) groups is 1. The minimum absolute atomic E-state index is 0. The van der Waals surface area contributed by atoms with Gasteiger partial charge in [0.05, 0.1) is 26.3 Å². The number of amides is 1. The molecule has 0 radical (unpaired) electrons. The lowest BCUT2D eigenvalue weighted by Crippen LogP contribution is -2.44. The molecule has 0 unspecified atom stereocenters. The quantitative estimate of drug-likeness (QED) is 0.736. The second-order valence-electron chi connectivity index (χ2n) is 4.81. The summed E-state index contributed by atoms with van der Waals surface area (Å²) in [5.74, 6) is 1.83. The Kier molecular flexibility index (Phi) is 6.11. The summed E-state index contributed by atoms with van der Waals surface area (Å²) in [6.07, 6.45) is 1.51. The molecule has 3 N–H and O–H groups in total. The highest BCUT2D eigenvalue weighted by molar-refractivity contribution is 5.88. The highest BCUT2D eigenvalue weighted by Crippen LogP contribution is 2.32. The molecule has 0 aliphatic heterocycles. The molecule has 6 nitrogen and oxygen atoms in total. The van der Waals surface area contributed by atoms with Crippen LogP contribution in [0.5, 0.6) is 17.2 Å². The minimum atomic E-state index is -0.640. The molecule has 1 aliphatic rings. The van der Waals surface area contributed by atoms with Gasteiger partial charge in [-0.25, -0.2) is 0 Å². The number of ether oxygens (including phenoxy) is 3. The van der Waals surface area contributed by atoms with Crippen LogP contribution in [0.2, 0.25) is 0 Å². The molecule has 0 atom stereocenters. The lowest BCUT2D eigenvalue weighted by atomic mass is 10.3. The molecule has 0 heterocycles. The lowest BCUT2D eigenvalue weighted by molar-refractivity contribution is -0.123. The van der Waals surface area contributed by atoms with E-state index in [1.165, 1.54) is 0 Å². The third kappa shape index (κ3) is 4.68. The average molecular weight is 317 g/mol. The first-order chi connectivity index (χ1) is 9.57. The number of hydrogen-bond acceptors (Lipinski definition) is 5. The third-order valence-electron chi connectivity index (χ3n) is 3.22. The highest BCUT2D eigenvalue weighted by atomic mass is 35.5. The number of benzene rings is 1. The van der Waals surface area contributed by atoms with E-state index < -0.39 is 5.54 Å². The van der Waals surface area contributed by atoms with Gasteiger partial charge in [0.15, 0.2) is 0 Å². The van der Waals surface area contributed by atoms with Crippen molar-refractivity contribution >= 4 is 18.3 Å². The van der Waals surface area contributed by atoms with Gasteiger partial charge < -0.3 is 25.3 Å². The molecule has 118 valence electrons.